The zero-order chi connectivity index (χ0) is 13.2. The van der Waals surface area contributed by atoms with Gasteiger partial charge in [0.15, 0.2) is 0 Å². The molecule has 1 N–H and O–H groups in total. The molecule has 1 saturated heterocycles. The highest BCUT2D eigenvalue weighted by Crippen LogP contribution is 2.19. The zero-order valence-corrected chi connectivity index (χ0v) is 12.1. The van der Waals surface area contributed by atoms with Crippen LogP contribution in [0.3, 0.4) is 0 Å². The van der Waals surface area contributed by atoms with Crippen molar-refractivity contribution in [1.29, 1.82) is 0 Å². The second kappa shape index (κ2) is 9.73. The Kier molecular flexibility index (Phi) is 8.59. The Balaban J connectivity index is 1.94. The van der Waals surface area contributed by atoms with Crippen molar-refractivity contribution < 1.29 is 14.2 Å². The van der Waals surface area contributed by atoms with Crippen molar-refractivity contribution in [1.82, 2.24) is 5.32 Å². The highest BCUT2D eigenvalue weighted by molar-refractivity contribution is 4.75. The maximum Gasteiger partial charge on any atom is 0.0813 e. The fourth-order valence-electron chi connectivity index (χ4n) is 2.00. The first-order valence-corrected chi connectivity index (χ1v) is 7.26. The SMILES string of the molecule is CCCOCCOCC1CCC(CNC(C)C)O1. The molecule has 2 atom stereocenters. The third kappa shape index (κ3) is 7.31. The van der Waals surface area contributed by atoms with Gasteiger partial charge in [0.25, 0.3) is 0 Å². The van der Waals surface area contributed by atoms with Crippen LogP contribution in [0.25, 0.3) is 0 Å². The second-order valence-corrected chi connectivity index (χ2v) is 5.21. The molecule has 0 aromatic rings. The van der Waals surface area contributed by atoms with Gasteiger partial charge < -0.3 is 19.5 Å². The number of rotatable bonds is 10. The summed E-state index contributed by atoms with van der Waals surface area (Å²) in [5.74, 6) is 0. The van der Waals surface area contributed by atoms with Crippen LogP contribution in [-0.4, -0.2) is 51.2 Å². The molecular formula is C14H29NO3. The van der Waals surface area contributed by atoms with E-state index in [9.17, 15) is 0 Å². The van der Waals surface area contributed by atoms with E-state index in [4.69, 9.17) is 14.2 Å². The van der Waals surface area contributed by atoms with Crippen LogP contribution in [0.4, 0.5) is 0 Å². The van der Waals surface area contributed by atoms with Gasteiger partial charge in [-0.25, -0.2) is 0 Å². The Bertz CT molecular complexity index is 199. The van der Waals surface area contributed by atoms with E-state index in [2.05, 4.69) is 26.1 Å². The molecule has 1 aliphatic rings. The molecule has 18 heavy (non-hydrogen) atoms. The van der Waals surface area contributed by atoms with E-state index in [1.807, 2.05) is 0 Å². The fourth-order valence-corrected chi connectivity index (χ4v) is 2.00. The first-order chi connectivity index (χ1) is 8.72. The predicted octanol–water partition coefficient (Wildman–Crippen LogP) is 1.98. The highest BCUT2D eigenvalue weighted by atomic mass is 16.6. The topological polar surface area (TPSA) is 39.7 Å². The Labute approximate surface area is 111 Å². The van der Waals surface area contributed by atoms with Gasteiger partial charge in [0.2, 0.25) is 0 Å². The molecule has 1 rings (SSSR count). The summed E-state index contributed by atoms with van der Waals surface area (Å²) in [6.07, 6.45) is 3.95. The lowest BCUT2D eigenvalue weighted by molar-refractivity contribution is -0.0286. The third-order valence-electron chi connectivity index (χ3n) is 2.97. The number of ether oxygens (including phenoxy) is 3. The first-order valence-electron chi connectivity index (χ1n) is 7.26. The molecule has 0 amide bonds. The van der Waals surface area contributed by atoms with Crippen LogP contribution in [0.1, 0.15) is 40.0 Å². The van der Waals surface area contributed by atoms with Crippen molar-refractivity contribution in [3.63, 3.8) is 0 Å². The largest absolute Gasteiger partial charge is 0.379 e. The van der Waals surface area contributed by atoms with Gasteiger partial charge in [0.05, 0.1) is 32.0 Å². The van der Waals surface area contributed by atoms with E-state index < -0.39 is 0 Å². The third-order valence-corrected chi connectivity index (χ3v) is 2.97. The van der Waals surface area contributed by atoms with Crippen molar-refractivity contribution in [2.24, 2.45) is 0 Å². The smallest absolute Gasteiger partial charge is 0.0813 e. The summed E-state index contributed by atoms with van der Waals surface area (Å²) >= 11 is 0. The average molecular weight is 259 g/mol. The van der Waals surface area contributed by atoms with E-state index in [0.717, 1.165) is 32.4 Å². The minimum absolute atomic E-state index is 0.273. The quantitative estimate of drug-likeness (QED) is 0.609. The van der Waals surface area contributed by atoms with Crippen molar-refractivity contribution in [2.45, 2.75) is 58.3 Å². The molecule has 0 spiro atoms. The van der Waals surface area contributed by atoms with Gasteiger partial charge >= 0.3 is 0 Å². The molecule has 1 heterocycles. The molecule has 4 nitrogen and oxygen atoms in total. The maximum absolute atomic E-state index is 5.91. The molecular weight excluding hydrogens is 230 g/mol. The molecule has 0 aromatic heterocycles. The van der Waals surface area contributed by atoms with Gasteiger partial charge in [0.1, 0.15) is 0 Å². The predicted molar refractivity (Wildman–Crippen MR) is 73.0 cm³/mol. The molecule has 4 heteroatoms. The summed E-state index contributed by atoms with van der Waals surface area (Å²) in [5.41, 5.74) is 0. The van der Waals surface area contributed by atoms with Crippen LogP contribution in [0.15, 0.2) is 0 Å². The van der Waals surface area contributed by atoms with Crippen LogP contribution in [0.5, 0.6) is 0 Å². The van der Waals surface area contributed by atoms with Crippen molar-refractivity contribution in [3.05, 3.63) is 0 Å². The fraction of sp³-hybridized carbons (Fsp3) is 1.00. The summed E-state index contributed by atoms with van der Waals surface area (Å²) in [4.78, 5) is 0. The lowest BCUT2D eigenvalue weighted by Gasteiger charge is -2.16. The van der Waals surface area contributed by atoms with Gasteiger partial charge in [-0.3, -0.25) is 0 Å². The number of hydrogen-bond donors (Lipinski definition) is 1. The van der Waals surface area contributed by atoms with Crippen molar-refractivity contribution in [2.75, 3.05) is 33.0 Å². The molecule has 2 unspecified atom stereocenters. The standard InChI is InChI=1S/C14H29NO3/c1-4-7-16-8-9-17-11-14-6-5-13(18-14)10-15-12(2)3/h12-15H,4-11H2,1-3H3. The van der Waals surface area contributed by atoms with E-state index in [1.54, 1.807) is 0 Å². The van der Waals surface area contributed by atoms with Crippen LogP contribution in [-0.2, 0) is 14.2 Å². The molecule has 108 valence electrons. The zero-order valence-electron chi connectivity index (χ0n) is 12.1. The molecule has 0 bridgehead atoms. The Morgan fingerprint density at radius 2 is 1.83 bits per heavy atom. The van der Waals surface area contributed by atoms with E-state index in [-0.39, 0.29) is 6.10 Å². The maximum atomic E-state index is 5.91. The van der Waals surface area contributed by atoms with E-state index in [1.165, 1.54) is 0 Å². The van der Waals surface area contributed by atoms with Gasteiger partial charge in [-0.1, -0.05) is 20.8 Å². The normalized spacial score (nSPS) is 24.0. The number of hydrogen-bond acceptors (Lipinski definition) is 4. The summed E-state index contributed by atoms with van der Waals surface area (Å²) < 4.78 is 16.8. The minimum Gasteiger partial charge on any atom is -0.379 e. The highest BCUT2D eigenvalue weighted by Gasteiger charge is 2.24. The van der Waals surface area contributed by atoms with Crippen LogP contribution in [0, 0.1) is 0 Å². The summed E-state index contributed by atoms with van der Waals surface area (Å²) in [6.45, 7) is 10.3. The summed E-state index contributed by atoms with van der Waals surface area (Å²) in [5, 5.41) is 3.41. The molecule has 0 aromatic carbocycles. The van der Waals surface area contributed by atoms with Crippen LogP contribution in [0.2, 0.25) is 0 Å². The van der Waals surface area contributed by atoms with Gasteiger partial charge in [-0.2, -0.15) is 0 Å². The second-order valence-electron chi connectivity index (χ2n) is 5.21. The minimum atomic E-state index is 0.273. The monoisotopic (exact) mass is 259 g/mol. The average Bonchev–Trinajstić information content (AvgIpc) is 2.79. The van der Waals surface area contributed by atoms with E-state index in [0.29, 0.717) is 32.0 Å². The Morgan fingerprint density at radius 1 is 1.11 bits per heavy atom. The molecule has 0 saturated carbocycles. The Morgan fingerprint density at radius 3 is 2.56 bits per heavy atom. The lowest BCUT2D eigenvalue weighted by atomic mass is 10.2. The van der Waals surface area contributed by atoms with Crippen LogP contribution >= 0.6 is 0 Å². The molecule has 0 radical (unpaired) electrons. The Hall–Kier alpha value is -0.160. The molecule has 1 fully saturated rings. The first kappa shape index (κ1) is 15.9. The van der Waals surface area contributed by atoms with E-state index >= 15 is 0 Å². The molecule has 0 aliphatic carbocycles. The summed E-state index contributed by atoms with van der Waals surface area (Å²) in [7, 11) is 0. The summed E-state index contributed by atoms with van der Waals surface area (Å²) in [6, 6.07) is 0.527. The lowest BCUT2D eigenvalue weighted by Crippen LogP contribution is -2.32. The van der Waals surface area contributed by atoms with Crippen molar-refractivity contribution >= 4 is 0 Å². The van der Waals surface area contributed by atoms with Gasteiger partial charge in [-0.05, 0) is 19.3 Å². The van der Waals surface area contributed by atoms with Crippen molar-refractivity contribution in [3.8, 4) is 0 Å². The van der Waals surface area contributed by atoms with Gasteiger partial charge in [-0.15, -0.1) is 0 Å². The van der Waals surface area contributed by atoms with Crippen LogP contribution < -0.4 is 5.32 Å². The van der Waals surface area contributed by atoms with Gasteiger partial charge in [0, 0.05) is 19.2 Å². The number of nitrogens with one attached hydrogen (secondary N) is 1. The molecule has 1 aliphatic heterocycles.